The van der Waals surface area contributed by atoms with Gasteiger partial charge in [-0.25, -0.2) is 0 Å². The van der Waals surface area contributed by atoms with Gasteiger partial charge < -0.3 is 28.4 Å². The second kappa shape index (κ2) is 12.2. The summed E-state index contributed by atoms with van der Waals surface area (Å²) in [6.45, 7) is 0.658. The van der Waals surface area contributed by atoms with Gasteiger partial charge in [-0.2, -0.15) is 0 Å². The second-order valence-corrected chi connectivity index (χ2v) is 8.40. The summed E-state index contributed by atoms with van der Waals surface area (Å²) < 4.78 is 31.5. The molecule has 3 aromatic rings. The van der Waals surface area contributed by atoms with Crippen LogP contribution >= 0.6 is 0 Å². The van der Waals surface area contributed by atoms with E-state index in [1.807, 2.05) is 36.4 Å². The normalized spacial score (nSPS) is 10.8. The van der Waals surface area contributed by atoms with E-state index in [2.05, 4.69) is 36.4 Å². The van der Waals surface area contributed by atoms with Crippen molar-refractivity contribution in [2.75, 3.05) is 41.7 Å². The maximum Gasteiger partial charge on any atom is 0.188 e. The third-order valence-corrected chi connectivity index (χ3v) is 6.44. The lowest BCUT2D eigenvalue weighted by Gasteiger charge is -2.11. The molecule has 6 nitrogen and oxygen atoms in total. The van der Waals surface area contributed by atoms with Crippen molar-refractivity contribution in [3.05, 3.63) is 72.8 Å². The van der Waals surface area contributed by atoms with Gasteiger partial charge in [-0.05, 0) is 72.8 Å². The first-order valence-corrected chi connectivity index (χ1v) is 10.9. The van der Waals surface area contributed by atoms with Crippen molar-refractivity contribution in [2.45, 2.75) is 14.7 Å². The first-order valence-electron chi connectivity index (χ1n) is 9.65. The molecule has 0 saturated heterocycles. The van der Waals surface area contributed by atoms with Crippen molar-refractivity contribution >= 4 is 10.9 Å². The van der Waals surface area contributed by atoms with Crippen molar-refractivity contribution in [3.8, 4) is 17.2 Å². The zero-order valence-electron chi connectivity index (χ0n) is 17.9. The van der Waals surface area contributed by atoms with Crippen molar-refractivity contribution in [1.29, 1.82) is 0 Å². The van der Waals surface area contributed by atoms with Crippen LogP contribution in [-0.4, -0.2) is 41.7 Å². The molecule has 0 heterocycles. The zero-order chi connectivity index (χ0) is 21.9. The Balaban J connectivity index is 1.90. The predicted molar refractivity (Wildman–Crippen MR) is 119 cm³/mol. The largest absolute Gasteiger partial charge is 0.468 e. The van der Waals surface area contributed by atoms with E-state index in [1.165, 1.54) is 14.7 Å². The van der Waals surface area contributed by atoms with Crippen LogP contribution in [0.4, 0.5) is 0 Å². The van der Waals surface area contributed by atoms with Crippen LogP contribution < -0.4 is 14.2 Å². The van der Waals surface area contributed by atoms with Crippen LogP contribution in [-0.2, 0) is 25.1 Å². The molecule has 7 heteroatoms. The number of hydrogen-bond acceptors (Lipinski definition) is 6. The Labute approximate surface area is 186 Å². The smallest absolute Gasteiger partial charge is 0.188 e. The van der Waals surface area contributed by atoms with Gasteiger partial charge in [0.1, 0.15) is 17.2 Å². The van der Waals surface area contributed by atoms with Gasteiger partial charge in [0.05, 0.1) is 10.9 Å². The minimum absolute atomic E-state index is 0.219. The van der Waals surface area contributed by atoms with E-state index >= 15 is 0 Å². The molecule has 31 heavy (non-hydrogen) atoms. The molecule has 0 radical (unpaired) electrons. The molecule has 3 aromatic carbocycles. The zero-order valence-corrected chi connectivity index (χ0v) is 18.7. The summed E-state index contributed by atoms with van der Waals surface area (Å²) in [5.41, 5.74) is 0. The van der Waals surface area contributed by atoms with Crippen LogP contribution in [0.5, 0.6) is 17.2 Å². The topological polar surface area (TPSA) is 55.4 Å². The summed E-state index contributed by atoms with van der Waals surface area (Å²) in [7, 11) is 4.49. The molecule has 0 aliphatic rings. The van der Waals surface area contributed by atoms with E-state index in [0.29, 0.717) is 0 Å². The molecule has 0 unspecified atom stereocenters. The highest BCUT2D eigenvalue weighted by molar-refractivity contribution is 7.97. The quantitative estimate of drug-likeness (QED) is 0.298. The molecule has 0 saturated carbocycles. The summed E-state index contributed by atoms with van der Waals surface area (Å²) >= 11 is 0. The van der Waals surface area contributed by atoms with E-state index in [9.17, 15) is 0 Å². The van der Waals surface area contributed by atoms with Crippen LogP contribution in [0.2, 0.25) is 0 Å². The minimum atomic E-state index is -0.317. The van der Waals surface area contributed by atoms with Gasteiger partial charge in [-0.3, -0.25) is 0 Å². The first-order chi connectivity index (χ1) is 15.2. The number of ether oxygens (including phenoxy) is 6. The standard InChI is InChI=1S/C24H27O6S/c1-25-16-28-19-4-10-22(11-5-19)31(23-12-6-20(7-13-23)29-17-26-2)24-14-8-21(9-15-24)30-18-27-3/h4-15H,16-18H2,1-3H3/q+1. The SMILES string of the molecule is COCOc1ccc([S+](c2ccc(OCOC)cc2)c2ccc(OCOC)cc2)cc1. The molecule has 0 bridgehead atoms. The van der Waals surface area contributed by atoms with Crippen LogP contribution in [0.1, 0.15) is 0 Å². The second-order valence-electron chi connectivity index (χ2n) is 6.37. The van der Waals surface area contributed by atoms with Crippen LogP contribution in [0.3, 0.4) is 0 Å². The Hall–Kier alpha value is -2.71. The highest BCUT2D eigenvalue weighted by Gasteiger charge is 2.29. The van der Waals surface area contributed by atoms with Crippen LogP contribution in [0, 0.1) is 0 Å². The minimum Gasteiger partial charge on any atom is -0.468 e. The molecule has 0 aliphatic heterocycles. The van der Waals surface area contributed by atoms with Crippen LogP contribution in [0.15, 0.2) is 87.5 Å². The third-order valence-electron chi connectivity index (χ3n) is 4.21. The monoisotopic (exact) mass is 443 g/mol. The lowest BCUT2D eigenvalue weighted by molar-refractivity contribution is 0.0509. The van der Waals surface area contributed by atoms with Gasteiger partial charge in [-0.15, -0.1) is 0 Å². The average Bonchev–Trinajstić information content (AvgIpc) is 2.82. The summed E-state index contributed by atoms with van der Waals surface area (Å²) in [6, 6.07) is 24.2. The fourth-order valence-corrected chi connectivity index (χ4v) is 4.85. The van der Waals surface area contributed by atoms with Crippen molar-refractivity contribution in [3.63, 3.8) is 0 Å². The van der Waals surface area contributed by atoms with Crippen LogP contribution in [0.25, 0.3) is 0 Å². The molecule has 0 atom stereocenters. The van der Waals surface area contributed by atoms with Gasteiger partial charge in [0, 0.05) is 21.3 Å². The molecule has 0 amide bonds. The van der Waals surface area contributed by atoms with Crippen molar-refractivity contribution in [2.24, 2.45) is 0 Å². The van der Waals surface area contributed by atoms with Gasteiger partial charge in [0.2, 0.25) is 0 Å². The van der Waals surface area contributed by atoms with Crippen molar-refractivity contribution < 1.29 is 28.4 Å². The molecule has 0 aliphatic carbocycles. The number of benzene rings is 3. The molecular weight excluding hydrogens is 416 g/mol. The summed E-state index contributed by atoms with van der Waals surface area (Å²) in [6.07, 6.45) is 0. The van der Waals surface area contributed by atoms with Crippen molar-refractivity contribution in [1.82, 2.24) is 0 Å². The molecule has 0 spiro atoms. The fourth-order valence-electron chi connectivity index (χ4n) is 2.81. The predicted octanol–water partition coefficient (Wildman–Crippen LogP) is 4.73. The molecule has 0 N–H and O–H groups in total. The molecule has 0 aromatic heterocycles. The molecule has 0 fully saturated rings. The third kappa shape index (κ3) is 6.63. The number of hydrogen-bond donors (Lipinski definition) is 0. The Kier molecular flexibility index (Phi) is 9.05. The Bertz CT molecular complexity index is 774. The summed E-state index contributed by atoms with van der Waals surface area (Å²) in [4.78, 5) is 3.50. The molecule has 164 valence electrons. The van der Waals surface area contributed by atoms with Gasteiger partial charge in [0.15, 0.2) is 35.1 Å². The van der Waals surface area contributed by atoms with E-state index in [4.69, 9.17) is 28.4 Å². The van der Waals surface area contributed by atoms with E-state index < -0.39 is 0 Å². The fraction of sp³-hybridized carbons (Fsp3) is 0.250. The molecule has 3 rings (SSSR count). The first kappa shape index (κ1) is 23.0. The average molecular weight is 444 g/mol. The van der Waals surface area contributed by atoms with E-state index in [-0.39, 0.29) is 31.3 Å². The lowest BCUT2D eigenvalue weighted by Crippen LogP contribution is -2.06. The Morgan fingerprint density at radius 2 is 0.710 bits per heavy atom. The maximum atomic E-state index is 5.53. The van der Waals surface area contributed by atoms with E-state index in [1.54, 1.807) is 21.3 Å². The maximum absolute atomic E-state index is 5.53. The Morgan fingerprint density at radius 3 is 0.935 bits per heavy atom. The van der Waals surface area contributed by atoms with Gasteiger partial charge in [-0.1, -0.05) is 0 Å². The number of methoxy groups -OCH3 is 3. The highest BCUT2D eigenvalue weighted by Crippen LogP contribution is 2.34. The molecular formula is C24H27O6S+. The Morgan fingerprint density at radius 1 is 0.452 bits per heavy atom. The number of rotatable bonds is 12. The van der Waals surface area contributed by atoms with Gasteiger partial charge in [0.25, 0.3) is 0 Å². The summed E-state index contributed by atoms with van der Waals surface area (Å²) in [5, 5.41) is 0. The van der Waals surface area contributed by atoms with E-state index in [0.717, 1.165) is 17.2 Å². The highest BCUT2D eigenvalue weighted by atomic mass is 32.2. The lowest BCUT2D eigenvalue weighted by atomic mass is 10.3. The summed E-state index contributed by atoms with van der Waals surface area (Å²) in [5.74, 6) is 2.29. The van der Waals surface area contributed by atoms with Gasteiger partial charge >= 0.3 is 0 Å².